The molecule has 0 unspecified atom stereocenters. The van der Waals surface area contributed by atoms with E-state index in [1.54, 1.807) is 4.68 Å². The number of rotatable bonds is 1. The Morgan fingerprint density at radius 1 is 1.35 bits per heavy atom. The molecule has 17 heavy (non-hydrogen) atoms. The first-order valence-electron chi connectivity index (χ1n) is 5.25. The normalized spacial score (nSPS) is 10.3. The molecular formula is C13H12BrN3. The maximum absolute atomic E-state index is 8.97. The van der Waals surface area contributed by atoms with Crippen LogP contribution in [0.2, 0.25) is 0 Å². The van der Waals surface area contributed by atoms with Gasteiger partial charge in [0.05, 0.1) is 10.2 Å². The van der Waals surface area contributed by atoms with E-state index in [1.807, 2.05) is 7.05 Å². The molecule has 0 bridgehead atoms. The van der Waals surface area contributed by atoms with Gasteiger partial charge in [-0.1, -0.05) is 17.7 Å². The largest absolute Gasteiger partial charge is 0.265 e. The second-order valence-corrected chi connectivity index (χ2v) is 4.86. The molecule has 0 amide bonds. The van der Waals surface area contributed by atoms with Gasteiger partial charge in [0.2, 0.25) is 0 Å². The van der Waals surface area contributed by atoms with Gasteiger partial charge in [-0.2, -0.15) is 10.4 Å². The maximum Gasteiger partial charge on any atom is 0.177 e. The van der Waals surface area contributed by atoms with Crippen LogP contribution in [0.1, 0.15) is 16.8 Å². The van der Waals surface area contributed by atoms with Crippen LogP contribution in [-0.4, -0.2) is 9.78 Å². The Kier molecular flexibility index (Phi) is 3.03. The first-order chi connectivity index (χ1) is 8.04. The van der Waals surface area contributed by atoms with E-state index in [4.69, 9.17) is 5.26 Å². The molecule has 0 aliphatic carbocycles. The number of benzene rings is 1. The number of aryl methyl sites for hydroxylation is 3. The van der Waals surface area contributed by atoms with Crippen molar-refractivity contribution in [3.8, 4) is 17.3 Å². The molecule has 3 nitrogen and oxygen atoms in total. The van der Waals surface area contributed by atoms with Crippen molar-refractivity contribution in [3.63, 3.8) is 0 Å². The van der Waals surface area contributed by atoms with E-state index >= 15 is 0 Å². The molecule has 0 fully saturated rings. The van der Waals surface area contributed by atoms with Gasteiger partial charge in [0, 0.05) is 12.6 Å². The van der Waals surface area contributed by atoms with Crippen LogP contribution in [0.3, 0.4) is 0 Å². The fraction of sp³-hybridized carbons (Fsp3) is 0.231. The standard InChI is InChI=1S/C13H12BrN3/c1-8-4-5-9(2)10(6-8)13-12(14)11(7-15)16-17(13)3/h4-6H,1-3H3. The summed E-state index contributed by atoms with van der Waals surface area (Å²) in [6.07, 6.45) is 0. The molecule has 2 aromatic rings. The Morgan fingerprint density at radius 2 is 2.06 bits per heavy atom. The molecule has 0 spiro atoms. The highest BCUT2D eigenvalue weighted by Crippen LogP contribution is 2.32. The third-order valence-electron chi connectivity index (χ3n) is 2.74. The van der Waals surface area contributed by atoms with Crippen LogP contribution >= 0.6 is 15.9 Å². The van der Waals surface area contributed by atoms with Crippen LogP contribution in [0.25, 0.3) is 11.3 Å². The third kappa shape index (κ3) is 1.98. The fourth-order valence-corrected chi connectivity index (χ4v) is 2.49. The quantitative estimate of drug-likeness (QED) is 0.808. The van der Waals surface area contributed by atoms with Crippen molar-refractivity contribution in [1.82, 2.24) is 9.78 Å². The van der Waals surface area contributed by atoms with Crippen LogP contribution in [0.5, 0.6) is 0 Å². The summed E-state index contributed by atoms with van der Waals surface area (Å²) >= 11 is 3.45. The van der Waals surface area contributed by atoms with Gasteiger partial charge in [0.25, 0.3) is 0 Å². The lowest BCUT2D eigenvalue weighted by Gasteiger charge is -2.08. The van der Waals surface area contributed by atoms with Crippen LogP contribution in [0.4, 0.5) is 0 Å². The molecule has 86 valence electrons. The summed E-state index contributed by atoms with van der Waals surface area (Å²) < 4.78 is 2.50. The van der Waals surface area contributed by atoms with Gasteiger partial charge in [0.15, 0.2) is 5.69 Å². The molecule has 0 atom stereocenters. The lowest BCUT2D eigenvalue weighted by atomic mass is 10.0. The van der Waals surface area contributed by atoms with Crippen molar-refractivity contribution >= 4 is 15.9 Å². The molecule has 4 heteroatoms. The third-order valence-corrected chi connectivity index (χ3v) is 3.49. The predicted molar refractivity (Wildman–Crippen MR) is 70.5 cm³/mol. The Morgan fingerprint density at radius 3 is 2.65 bits per heavy atom. The van der Waals surface area contributed by atoms with Gasteiger partial charge in [-0.05, 0) is 41.4 Å². The van der Waals surface area contributed by atoms with Crippen LogP contribution < -0.4 is 0 Å². The Bertz CT molecular complexity index is 620. The van der Waals surface area contributed by atoms with Crippen molar-refractivity contribution in [3.05, 3.63) is 39.5 Å². The lowest BCUT2D eigenvalue weighted by Crippen LogP contribution is -1.96. The van der Waals surface area contributed by atoms with E-state index in [1.165, 1.54) is 11.1 Å². The summed E-state index contributed by atoms with van der Waals surface area (Å²) in [5.41, 5.74) is 4.83. The summed E-state index contributed by atoms with van der Waals surface area (Å²) in [7, 11) is 1.85. The maximum atomic E-state index is 8.97. The van der Waals surface area contributed by atoms with Gasteiger partial charge < -0.3 is 0 Å². The van der Waals surface area contributed by atoms with Crippen LogP contribution in [0, 0.1) is 25.2 Å². The van der Waals surface area contributed by atoms with Crippen molar-refractivity contribution in [2.24, 2.45) is 7.05 Å². The first kappa shape index (κ1) is 11.9. The number of hydrogen-bond acceptors (Lipinski definition) is 2. The number of hydrogen-bond donors (Lipinski definition) is 0. The highest BCUT2D eigenvalue weighted by Gasteiger charge is 2.16. The SMILES string of the molecule is Cc1ccc(C)c(-c2c(Br)c(C#N)nn2C)c1. The summed E-state index contributed by atoms with van der Waals surface area (Å²) in [4.78, 5) is 0. The average molecular weight is 290 g/mol. The molecular weight excluding hydrogens is 278 g/mol. The van der Waals surface area contributed by atoms with E-state index in [0.29, 0.717) is 5.69 Å². The van der Waals surface area contributed by atoms with Crippen LogP contribution in [0.15, 0.2) is 22.7 Å². The molecule has 0 aliphatic rings. The summed E-state index contributed by atoms with van der Waals surface area (Å²) in [5, 5.41) is 13.2. The molecule has 0 N–H and O–H groups in total. The number of halogens is 1. The first-order valence-corrected chi connectivity index (χ1v) is 6.04. The smallest absolute Gasteiger partial charge is 0.177 e. The highest BCUT2D eigenvalue weighted by molar-refractivity contribution is 9.10. The highest BCUT2D eigenvalue weighted by atomic mass is 79.9. The zero-order valence-corrected chi connectivity index (χ0v) is 11.5. The van der Waals surface area contributed by atoms with E-state index < -0.39 is 0 Å². The minimum absolute atomic E-state index is 0.420. The summed E-state index contributed by atoms with van der Waals surface area (Å²) in [6.45, 7) is 4.11. The van der Waals surface area contributed by atoms with Crippen molar-refractivity contribution < 1.29 is 0 Å². The molecule has 1 aromatic carbocycles. The van der Waals surface area contributed by atoms with Crippen molar-refractivity contribution in [2.45, 2.75) is 13.8 Å². The molecule has 1 heterocycles. The van der Waals surface area contributed by atoms with Crippen LogP contribution in [-0.2, 0) is 7.05 Å². The molecule has 0 aliphatic heterocycles. The number of nitriles is 1. The number of nitrogens with zero attached hydrogens (tertiary/aromatic N) is 3. The summed E-state index contributed by atoms with van der Waals surface area (Å²) in [6, 6.07) is 8.35. The fourth-order valence-electron chi connectivity index (χ4n) is 1.85. The van der Waals surface area contributed by atoms with Gasteiger partial charge >= 0.3 is 0 Å². The zero-order valence-electron chi connectivity index (χ0n) is 9.95. The second kappa shape index (κ2) is 4.34. The minimum Gasteiger partial charge on any atom is -0.265 e. The Balaban J connectivity index is 2.73. The average Bonchev–Trinajstić information content (AvgIpc) is 2.58. The second-order valence-electron chi connectivity index (χ2n) is 4.06. The monoisotopic (exact) mass is 289 g/mol. The molecule has 0 saturated heterocycles. The van der Waals surface area contributed by atoms with Gasteiger partial charge in [-0.25, -0.2) is 0 Å². The molecule has 0 radical (unpaired) electrons. The molecule has 2 rings (SSSR count). The van der Waals surface area contributed by atoms with E-state index in [0.717, 1.165) is 15.7 Å². The van der Waals surface area contributed by atoms with Gasteiger partial charge in [-0.3, -0.25) is 4.68 Å². The van der Waals surface area contributed by atoms with Crippen molar-refractivity contribution in [2.75, 3.05) is 0 Å². The zero-order chi connectivity index (χ0) is 12.6. The minimum atomic E-state index is 0.420. The Hall–Kier alpha value is -1.60. The topological polar surface area (TPSA) is 41.6 Å². The van der Waals surface area contributed by atoms with Crippen molar-refractivity contribution in [1.29, 1.82) is 5.26 Å². The lowest BCUT2D eigenvalue weighted by molar-refractivity contribution is 0.770. The van der Waals surface area contributed by atoms with E-state index in [9.17, 15) is 0 Å². The van der Waals surface area contributed by atoms with E-state index in [2.05, 4.69) is 59.1 Å². The van der Waals surface area contributed by atoms with E-state index in [-0.39, 0.29) is 0 Å². The summed E-state index contributed by atoms with van der Waals surface area (Å²) in [5.74, 6) is 0. The number of aromatic nitrogens is 2. The molecule has 0 saturated carbocycles. The van der Waals surface area contributed by atoms with Gasteiger partial charge in [-0.15, -0.1) is 0 Å². The molecule has 1 aromatic heterocycles. The Labute approximate surface area is 109 Å². The predicted octanol–water partition coefficient (Wildman–Crippen LogP) is 3.34. The van der Waals surface area contributed by atoms with Gasteiger partial charge in [0.1, 0.15) is 6.07 Å².